The predicted octanol–water partition coefficient (Wildman–Crippen LogP) is 2.40. The Morgan fingerprint density at radius 3 is 2.63 bits per heavy atom. The van der Waals surface area contributed by atoms with E-state index in [0.717, 1.165) is 12.3 Å². The van der Waals surface area contributed by atoms with Gasteiger partial charge in [0.05, 0.1) is 5.69 Å². The Morgan fingerprint density at radius 1 is 1.32 bits per heavy atom. The number of rotatable bonds is 8. The van der Waals surface area contributed by atoms with Crippen LogP contribution in [-0.2, 0) is 10.0 Å². The minimum absolute atomic E-state index is 0.313. The number of anilines is 1. The molecule has 1 aromatic rings. The van der Waals surface area contributed by atoms with Gasteiger partial charge < -0.3 is 5.32 Å². The molecule has 0 fully saturated rings. The molecule has 0 radical (unpaired) electrons. The quantitative estimate of drug-likeness (QED) is 0.774. The summed E-state index contributed by atoms with van der Waals surface area (Å²) < 4.78 is 26.7. The van der Waals surface area contributed by atoms with Crippen molar-refractivity contribution in [2.75, 3.05) is 30.4 Å². The zero-order valence-electron chi connectivity index (χ0n) is 11.6. The van der Waals surface area contributed by atoms with Crippen LogP contribution in [0.2, 0.25) is 0 Å². The summed E-state index contributed by atoms with van der Waals surface area (Å²) in [5.74, 6) is 1.54. The molecule has 6 heteroatoms. The van der Waals surface area contributed by atoms with E-state index in [4.69, 9.17) is 0 Å². The zero-order chi connectivity index (χ0) is 14.3. The fraction of sp³-hybridized carbons (Fsp3) is 0.538. The average Bonchev–Trinajstić information content (AvgIpc) is 2.37. The second-order valence-electron chi connectivity index (χ2n) is 4.44. The normalized spacial score (nSPS) is 13.2. The molecule has 0 aromatic heterocycles. The lowest BCUT2D eigenvalue weighted by Crippen LogP contribution is -2.24. The highest BCUT2D eigenvalue weighted by atomic mass is 32.2. The van der Waals surface area contributed by atoms with Crippen LogP contribution < -0.4 is 10.0 Å². The number of hydrogen-bond donors (Lipinski definition) is 2. The molecule has 0 saturated carbocycles. The van der Waals surface area contributed by atoms with Gasteiger partial charge in [-0.2, -0.15) is 11.8 Å². The molecule has 0 saturated heterocycles. The van der Waals surface area contributed by atoms with Gasteiger partial charge in [-0.3, -0.25) is 0 Å². The summed E-state index contributed by atoms with van der Waals surface area (Å²) in [4.78, 5) is 0.313. The van der Waals surface area contributed by atoms with Crippen molar-refractivity contribution < 1.29 is 8.42 Å². The number of hydrogen-bond acceptors (Lipinski definition) is 4. The van der Waals surface area contributed by atoms with Crippen molar-refractivity contribution in [3.05, 3.63) is 24.3 Å². The number of benzene rings is 1. The molecular formula is C13H22N2O2S2. The molecule has 0 spiro atoms. The fourth-order valence-corrected chi connectivity index (χ4v) is 3.65. The predicted molar refractivity (Wildman–Crippen MR) is 83.3 cm³/mol. The summed E-state index contributed by atoms with van der Waals surface area (Å²) >= 11 is 1.79. The summed E-state index contributed by atoms with van der Waals surface area (Å²) in [6, 6.07) is 7.00. The van der Waals surface area contributed by atoms with Crippen LogP contribution >= 0.6 is 11.8 Å². The highest BCUT2D eigenvalue weighted by Crippen LogP contribution is 2.21. The summed E-state index contributed by atoms with van der Waals surface area (Å²) in [5.41, 5.74) is 0.663. The van der Waals surface area contributed by atoms with Gasteiger partial charge in [0.25, 0.3) is 0 Å². The van der Waals surface area contributed by atoms with Crippen LogP contribution in [0.25, 0.3) is 0 Å². The van der Waals surface area contributed by atoms with Gasteiger partial charge in [0.2, 0.25) is 10.0 Å². The maximum absolute atomic E-state index is 12.1. The first-order valence-electron chi connectivity index (χ1n) is 6.32. The molecule has 0 heterocycles. The molecule has 2 N–H and O–H groups in total. The van der Waals surface area contributed by atoms with Crippen molar-refractivity contribution in [3.8, 4) is 0 Å². The first-order chi connectivity index (χ1) is 9.01. The van der Waals surface area contributed by atoms with Crippen LogP contribution in [0.3, 0.4) is 0 Å². The smallest absolute Gasteiger partial charge is 0.242 e. The Balaban J connectivity index is 2.85. The summed E-state index contributed by atoms with van der Waals surface area (Å²) in [6.07, 6.45) is 2.07. The third-order valence-electron chi connectivity index (χ3n) is 2.60. The van der Waals surface area contributed by atoms with Crippen molar-refractivity contribution in [2.45, 2.75) is 18.7 Å². The summed E-state index contributed by atoms with van der Waals surface area (Å²) in [6.45, 7) is 5.07. The van der Waals surface area contributed by atoms with Crippen LogP contribution in [-0.4, -0.2) is 33.5 Å². The Kier molecular flexibility index (Phi) is 6.68. The van der Waals surface area contributed by atoms with Crippen LogP contribution in [0.15, 0.2) is 29.2 Å². The second kappa shape index (κ2) is 7.77. The Bertz CT molecular complexity index is 489. The van der Waals surface area contributed by atoms with E-state index in [-0.39, 0.29) is 0 Å². The lowest BCUT2D eigenvalue weighted by Gasteiger charge is -2.15. The third kappa shape index (κ3) is 5.04. The molecule has 0 aliphatic rings. The minimum atomic E-state index is -3.42. The molecule has 0 aliphatic carbocycles. The topological polar surface area (TPSA) is 58.2 Å². The van der Waals surface area contributed by atoms with E-state index in [2.05, 4.69) is 23.2 Å². The molecule has 4 nitrogen and oxygen atoms in total. The van der Waals surface area contributed by atoms with E-state index in [1.165, 1.54) is 0 Å². The SMILES string of the molecule is CCNS(=O)(=O)c1ccccc1NCC(C)CSC. The van der Waals surface area contributed by atoms with E-state index in [0.29, 0.717) is 23.0 Å². The van der Waals surface area contributed by atoms with E-state index in [9.17, 15) is 8.42 Å². The molecule has 1 unspecified atom stereocenters. The first-order valence-corrected chi connectivity index (χ1v) is 9.20. The van der Waals surface area contributed by atoms with Crippen molar-refractivity contribution in [1.82, 2.24) is 4.72 Å². The van der Waals surface area contributed by atoms with Crippen LogP contribution in [0, 0.1) is 5.92 Å². The molecular weight excluding hydrogens is 280 g/mol. The third-order valence-corrected chi connectivity index (χ3v) is 5.11. The van der Waals surface area contributed by atoms with Gasteiger partial charge in [-0.1, -0.05) is 26.0 Å². The van der Waals surface area contributed by atoms with Gasteiger partial charge in [0.1, 0.15) is 4.90 Å². The lowest BCUT2D eigenvalue weighted by molar-refractivity contribution is 0.584. The monoisotopic (exact) mass is 302 g/mol. The van der Waals surface area contributed by atoms with Crippen molar-refractivity contribution in [2.24, 2.45) is 5.92 Å². The van der Waals surface area contributed by atoms with Crippen molar-refractivity contribution in [1.29, 1.82) is 0 Å². The number of nitrogens with one attached hydrogen (secondary N) is 2. The summed E-state index contributed by atoms with van der Waals surface area (Å²) in [7, 11) is -3.42. The maximum Gasteiger partial charge on any atom is 0.242 e. The van der Waals surface area contributed by atoms with Crippen molar-refractivity contribution >= 4 is 27.5 Å². The molecule has 1 aromatic carbocycles. The Hall–Kier alpha value is -0.720. The van der Waals surface area contributed by atoms with Gasteiger partial charge >= 0.3 is 0 Å². The van der Waals surface area contributed by atoms with Gasteiger partial charge in [0, 0.05) is 13.1 Å². The molecule has 19 heavy (non-hydrogen) atoms. The van der Waals surface area contributed by atoms with Crippen LogP contribution in [0.1, 0.15) is 13.8 Å². The van der Waals surface area contributed by atoms with E-state index in [1.807, 2.05) is 6.07 Å². The first kappa shape index (κ1) is 16.3. The van der Waals surface area contributed by atoms with Gasteiger partial charge in [-0.15, -0.1) is 0 Å². The Morgan fingerprint density at radius 2 is 2.00 bits per heavy atom. The highest BCUT2D eigenvalue weighted by Gasteiger charge is 2.17. The average molecular weight is 302 g/mol. The van der Waals surface area contributed by atoms with Gasteiger partial charge in [0.15, 0.2) is 0 Å². The maximum atomic E-state index is 12.1. The second-order valence-corrected chi connectivity index (χ2v) is 7.08. The molecule has 1 atom stereocenters. The molecule has 0 aliphatic heterocycles. The van der Waals surface area contributed by atoms with Crippen molar-refractivity contribution in [3.63, 3.8) is 0 Å². The standard InChI is InChI=1S/C13H22N2O2S2/c1-4-15-19(16,17)13-8-6-5-7-12(13)14-9-11(2)10-18-3/h5-8,11,14-15H,4,9-10H2,1-3H3. The zero-order valence-corrected chi connectivity index (χ0v) is 13.3. The molecule has 0 bridgehead atoms. The Labute approximate surface area is 120 Å². The van der Waals surface area contributed by atoms with Gasteiger partial charge in [-0.25, -0.2) is 13.1 Å². The highest BCUT2D eigenvalue weighted by molar-refractivity contribution is 7.98. The molecule has 108 valence electrons. The number of para-hydroxylation sites is 1. The lowest BCUT2D eigenvalue weighted by atomic mass is 10.2. The van der Waals surface area contributed by atoms with E-state index < -0.39 is 10.0 Å². The van der Waals surface area contributed by atoms with Crippen LogP contribution in [0.4, 0.5) is 5.69 Å². The van der Waals surface area contributed by atoms with E-state index in [1.54, 1.807) is 36.9 Å². The molecule has 1 rings (SSSR count). The number of thioether (sulfide) groups is 1. The molecule has 0 amide bonds. The fourth-order valence-electron chi connectivity index (χ4n) is 1.74. The van der Waals surface area contributed by atoms with Crippen LogP contribution in [0.5, 0.6) is 0 Å². The number of sulfonamides is 1. The van der Waals surface area contributed by atoms with E-state index >= 15 is 0 Å². The summed E-state index contributed by atoms with van der Waals surface area (Å²) in [5, 5.41) is 3.23. The largest absolute Gasteiger partial charge is 0.384 e. The van der Waals surface area contributed by atoms with Gasteiger partial charge in [-0.05, 0) is 30.1 Å². The minimum Gasteiger partial charge on any atom is -0.384 e.